The first-order chi connectivity index (χ1) is 13.9. The van der Waals surface area contributed by atoms with Crippen molar-refractivity contribution >= 4 is 5.91 Å². The summed E-state index contributed by atoms with van der Waals surface area (Å²) < 4.78 is 0. The molecular formula is C22H23N3O4. The first-order valence-corrected chi connectivity index (χ1v) is 9.52. The number of phenolic OH excluding ortho intramolecular Hbond substituents is 2. The third-order valence-electron chi connectivity index (χ3n) is 5.30. The molecule has 7 heteroatoms. The van der Waals surface area contributed by atoms with Crippen molar-refractivity contribution in [1.82, 2.24) is 15.1 Å². The number of aryl methyl sites for hydroxylation is 2. The van der Waals surface area contributed by atoms with Crippen LogP contribution in [-0.4, -0.2) is 49.5 Å². The summed E-state index contributed by atoms with van der Waals surface area (Å²) in [6, 6.07) is 9.92. The van der Waals surface area contributed by atoms with E-state index in [4.69, 9.17) is 0 Å². The number of fused-ring (bicyclic) bond motifs is 1. The number of phenols is 2. The summed E-state index contributed by atoms with van der Waals surface area (Å²) in [6.45, 7) is 4.12. The van der Waals surface area contributed by atoms with Crippen LogP contribution in [0.1, 0.15) is 45.2 Å². The highest BCUT2D eigenvalue weighted by atomic mass is 16.3. The van der Waals surface area contributed by atoms with Gasteiger partial charge in [-0.1, -0.05) is 18.2 Å². The van der Waals surface area contributed by atoms with Crippen LogP contribution in [0.3, 0.4) is 0 Å². The molecule has 7 nitrogen and oxygen atoms in total. The molecule has 4 N–H and O–H groups in total. The van der Waals surface area contributed by atoms with Crippen LogP contribution in [0.25, 0.3) is 11.3 Å². The topological polar surface area (TPSA) is 110 Å². The van der Waals surface area contributed by atoms with E-state index in [1.54, 1.807) is 29.2 Å². The molecule has 1 atom stereocenters. The fraction of sp³-hybridized carbons (Fsp3) is 0.273. The molecule has 2 aromatic carbocycles. The van der Waals surface area contributed by atoms with Gasteiger partial charge in [-0.05, 0) is 55.2 Å². The SMILES string of the molecule is Cc1cc(C)c(-c2n[nH]c3c2[C@H](c2cccc(O)c2)N(CCCO)C3=O)c(O)c1. The third-order valence-corrected chi connectivity index (χ3v) is 5.30. The molecule has 0 spiro atoms. The largest absolute Gasteiger partial charge is 0.508 e. The molecule has 0 saturated heterocycles. The lowest BCUT2D eigenvalue weighted by atomic mass is 9.93. The number of aromatic hydroxyl groups is 2. The van der Waals surface area contributed by atoms with Crippen LogP contribution in [0.5, 0.6) is 11.5 Å². The zero-order chi connectivity index (χ0) is 20.7. The molecule has 1 aromatic heterocycles. The predicted octanol–water partition coefficient (Wildman–Crippen LogP) is 3.03. The van der Waals surface area contributed by atoms with Crippen molar-refractivity contribution in [3.63, 3.8) is 0 Å². The Bertz CT molecular complexity index is 1070. The Labute approximate surface area is 168 Å². The number of rotatable bonds is 5. The van der Waals surface area contributed by atoms with Gasteiger partial charge in [-0.25, -0.2) is 0 Å². The van der Waals surface area contributed by atoms with E-state index in [1.807, 2.05) is 26.0 Å². The molecule has 1 aliphatic rings. The van der Waals surface area contributed by atoms with Gasteiger partial charge in [-0.15, -0.1) is 0 Å². The number of amides is 1. The molecule has 0 radical (unpaired) electrons. The number of H-pyrrole nitrogens is 1. The maximum Gasteiger partial charge on any atom is 0.273 e. The summed E-state index contributed by atoms with van der Waals surface area (Å²) in [6.07, 6.45) is 0.433. The van der Waals surface area contributed by atoms with Crippen LogP contribution in [0.15, 0.2) is 36.4 Å². The summed E-state index contributed by atoms with van der Waals surface area (Å²) in [5.41, 5.74) is 4.65. The van der Waals surface area contributed by atoms with Gasteiger partial charge < -0.3 is 20.2 Å². The first kappa shape index (κ1) is 19.0. The number of hydrogen-bond acceptors (Lipinski definition) is 5. The van der Waals surface area contributed by atoms with Crippen LogP contribution in [-0.2, 0) is 0 Å². The van der Waals surface area contributed by atoms with Crippen molar-refractivity contribution in [2.24, 2.45) is 0 Å². The fourth-order valence-corrected chi connectivity index (χ4v) is 4.15. The molecule has 1 amide bonds. The number of aromatic amines is 1. The van der Waals surface area contributed by atoms with Crippen molar-refractivity contribution in [2.45, 2.75) is 26.3 Å². The second kappa shape index (κ2) is 7.25. The van der Waals surface area contributed by atoms with Crippen LogP contribution in [0, 0.1) is 13.8 Å². The molecule has 1 aliphatic heterocycles. The quantitative estimate of drug-likeness (QED) is 0.533. The van der Waals surface area contributed by atoms with E-state index in [-0.39, 0.29) is 24.0 Å². The molecule has 0 aliphatic carbocycles. The van der Waals surface area contributed by atoms with Gasteiger partial charge in [0, 0.05) is 24.3 Å². The Balaban J connectivity index is 1.92. The summed E-state index contributed by atoms with van der Waals surface area (Å²) in [5, 5.41) is 37.1. The number of aliphatic hydroxyl groups is 1. The molecule has 150 valence electrons. The van der Waals surface area contributed by atoms with Crippen molar-refractivity contribution in [3.8, 4) is 22.8 Å². The van der Waals surface area contributed by atoms with Crippen LogP contribution >= 0.6 is 0 Å². The number of carbonyl (C=O) groups is 1. The summed E-state index contributed by atoms with van der Waals surface area (Å²) >= 11 is 0. The number of nitrogens with one attached hydrogen (secondary N) is 1. The van der Waals surface area contributed by atoms with Gasteiger partial charge in [-0.3, -0.25) is 9.89 Å². The standard InChI is InChI=1S/C22H23N3O4/c1-12-9-13(2)17(16(28)10-12)19-18-20(24-23-19)22(29)25(7-4-8-26)21(18)14-5-3-6-15(27)11-14/h3,5-6,9-11,21,26-28H,4,7-8H2,1-2H3,(H,23,24)/t21-/m0/s1. The molecule has 0 unspecified atom stereocenters. The number of nitrogens with zero attached hydrogens (tertiary/aromatic N) is 2. The summed E-state index contributed by atoms with van der Waals surface area (Å²) in [7, 11) is 0. The minimum Gasteiger partial charge on any atom is -0.508 e. The van der Waals surface area contributed by atoms with Crippen molar-refractivity contribution in [3.05, 3.63) is 64.3 Å². The zero-order valence-electron chi connectivity index (χ0n) is 16.3. The number of aliphatic hydroxyl groups excluding tert-OH is 1. The van der Waals surface area contributed by atoms with Crippen molar-refractivity contribution in [2.75, 3.05) is 13.2 Å². The Kier molecular flexibility index (Phi) is 4.76. The predicted molar refractivity (Wildman–Crippen MR) is 108 cm³/mol. The zero-order valence-corrected chi connectivity index (χ0v) is 16.3. The first-order valence-electron chi connectivity index (χ1n) is 9.52. The maximum absolute atomic E-state index is 13.1. The lowest BCUT2D eigenvalue weighted by Crippen LogP contribution is -2.31. The number of carbonyl (C=O) groups excluding carboxylic acids is 1. The van der Waals surface area contributed by atoms with Gasteiger partial charge in [-0.2, -0.15) is 5.10 Å². The maximum atomic E-state index is 13.1. The second-order valence-electron chi connectivity index (χ2n) is 7.41. The van der Waals surface area contributed by atoms with Crippen LogP contribution in [0.2, 0.25) is 0 Å². The minimum absolute atomic E-state index is 0.0343. The lowest BCUT2D eigenvalue weighted by Gasteiger charge is -2.26. The van der Waals surface area contributed by atoms with Crippen LogP contribution in [0.4, 0.5) is 0 Å². The fourth-order valence-electron chi connectivity index (χ4n) is 4.15. The second-order valence-corrected chi connectivity index (χ2v) is 7.41. The molecule has 3 aromatic rings. The molecule has 0 fully saturated rings. The highest BCUT2D eigenvalue weighted by molar-refractivity contribution is 6.00. The van der Waals surface area contributed by atoms with Crippen LogP contribution < -0.4 is 0 Å². The van der Waals surface area contributed by atoms with Gasteiger partial charge in [0.05, 0.1) is 6.04 Å². The van der Waals surface area contributed by atoms with E-state index >= 15 is 0 Å². The van der Waals surface area contributed by atoms with E-state index in [0.29, 0.717) is 35.5 Å². The molecule has 0 bridgehead atoms. The number of hydrogen-bond donors (Lipinski definition) is 4. The molecular weight excluding hydrogens is 370 g/mol. The van der Waals surface area contributed by atoms with E-state index in [1.165, 1.54) is 0 Å². The third kappa shape index (κ3) is 3.13. The molecule has 4 rings (SSSR count). The summed E-state index contributed by atoms with van der Waals surface area (Å²) in [5.74, 6) is -0.0116. The average Bonchev–Trinajstić information content (AvgIpc) is 3.19. The Hall–Kier alpha value is -3.32. The van der Waals surface area contributed by atoms with Gasteiger partial charge >= 0.3 is 0 Å². The monoisotopic (exact) mass is 393 g/mol. The molecule has 0 saturated carbocycles. The van der Waals surface area contributed by atoms with E-state index in [9.17, 15) is 20.1 Å². The highest BCUT2D eigenvalue weighted by Gasteiger charge is 2.42. The number of aromatic nitrogens is 2. The Morgan fingerprint density at radius 1 is 1.17 bits per heavy atom. The van der Waals surface area contributed by atoms with Crippen molar-refractivity contribution < 1.29 is 20.1 Å². The Morgan fingerprint density at radius 3 is 2.66 bits per heavy atom. The van der Waals surface area contributed by atoms with Gasteiger partial charge in [0.25, 0.3) is 5.91 Å². The lowest BCUT2D eigenvalue weighted by molar-refractivity contribution is 0.0732. The highest BCUT2D eigenvalue weighted by Crippen LogP contribution is 2.45. The van der Waals surface area contributed by atoms with E-state index in [0.717, 1.165) is 16.7 Å². The van der Waals surface area contributed by atoms with Crippen molar-refractivity contribution in [1.29, 1.82) is 0 Å². The van der Waals surface area contributed by atoms with Gasteiger partial charge in [0.15, 0.2) is 0 Å². The van der Waals surface area contributed by atoms with E-state index in [2.05, 4.69) is 10.2 Å². The average molecular weight is 393 g/mol. The Morgan fingerprint density at radius 2 is 1.97 bits per heavy atom. The molecule has 2 heterocycles. The van der Waals surface area contributed by atoms with E-state index < -0.39 is 6.04 Å². The van der Waals surface area contributed by atoms with Gasteiger partial charge in [0.1, 0.15) is 22.9 Å². The molecule has 29 heavy (non-hydrogen) atoms. The number of benzene rings is 2. The van der Waals surface area contributed by atoms with Gasteiger partial charge in [0.2, 0.25) is 0 Å². The normalized spacial score (nSPS) is 15.8. The minimum atomic E-state index is -0.481. The summed E-state index contributed by atoms with van der Waals surface area (Å²) in [4.78, 5) is 14.8. The smallest absolute Gasteiger partial charge is 0.273 e.